The molecule has 2 heterocycles. The van der Waals surface area contributed by atoms with Crippen molar-refractivity contribution in [1.82, 2.24) is 19.2 Å². The highest BCUT2D eigenvalue weighted by atomic mass is 32.2. The molecule has 202 valence electrons. The highest BCUT2D eigenvalue weighted by molar-refractivity contribution is 7.87. The first-order chi connectivity index (χ1) is 17.9. The Morgan fingerprint density at radius 2 is 1.78 bits per heavy atom. The number of hydrogen-bond donors (Lipinski definition) is 1. The van der Waals surface area contributed by atoms with Gasteiger partial charge in [0.1, 0.15) is 5.82 Å². The van der Waals surface area contributed by atoms with E-state index >= 15 is 0 Å². The highest BCUT2D eigenvalue weighted by Crippen LogP contribution is 2.35. The number of aromatic nitrogens is 2. The van der Waals surface area contributed by atoms with Gasteiger partial charge in [0.2, 0.25) is 0 Å². The van der Waals surface area contributed by atoms with E-state index in [1.165, 1.54) is 10.4 Å². The zero-order chi connectivity index (χ0) is 25.8. The van der Waals surface area contributed by atoms with Crippen LogP contribution < -0.4 is 9.62 Å². The van der Waals surface area contributed by atoms with E-state index in [2.05, 4.69) is 19.8 Å². The van der Waals surface area contributed by atoms with Gasteiger partial charge < -0.3 is 9.64 Å². The van der Waals surface area contributed by atoms with Crippen molar-refractivity contribution in [3.05, 3.63) is 54.0 Å². The summed E-state index contributed by atoms with van der Waals surface area (Å²) < 4.78 is 50.9. The normalized spacial score (nSPS) is 27.6. The molecule has 0 radical (unpaired) electrons. The zero-order valence-corrected chi connectivity index (χ0v) is 22.3. The van der Waals surface area contributed by atoms with E-state index in [0.717, 1.165) is 62.9 Å². The van der Waals surface area contributed by atoms with E-state index < -0.39 is 10.2 Å². The molecule has 0 spiro atoms. The van der Waals surface area contributed by atoms with Gasteiger partial charge in [0.15, 0.2) is 5.82 Å². The van der Waals surface area contributed by atoms with Gasteiger partial charge in [-0.25, -0.2) is 4.39 Å². The van der Waals surface area contributed by atoms with Crippen LogP contribution in [0.15, 0.2) is 42.6 Å². The van der Waals surface area contributed by atoms with Gasteiger partial charge in [-0.05, 0) is 93.5 Å². The molecule has 1 N–H and O–H groups in total. The minimum atomic E-state index is -3.55. The molecule has 2 aromatic rings. The Balaban J connectivity index is 1.24. The monoisotopic (exact) mass is 531 g/mol. The molecular formula is C27H38FN5O3S. The lowest BCUT2D eigenvalue weighted by Gasteiger charge is -2.36. The van der Waals surface area contributed by atoms with E-state index in [0.29, 0.717) is 25.3 Å². The summed E-state index contributed by atoms with van der Waals surface area (Å²) >= 11 is 0. The number of nitrogens with one attached hydrogen (secondary N) is 1. The van der Waals surface area contributed by atoms with E-state index in [1.54, 1.807) is 25.4 Å². The fraction of sp³-hybridized carbons (Fsp3) is 0.630. The third kappa shape index (κ3) is 7.04. The van der Waals surface area contributed by atoms with Crippen LogP contribution in [0.2, 0.25) is 0 Å². The van der Waals surface area contributed by atoms with Gasteiger partial charge in [-0.1, -0.05) is 12.1 Å². The third-order valence-electron chi connectivity index (χ3n) is 8.03. The van der Waals surface area contributed by atoms with Crippen molar-refractivity contribution in [1.29, 1.82) is 0 Å². The number of anilines is 1. The average Bonchev–Trinajstić information content (AvgIpc) is 3.73. The predicted octanol–water partition coefficient (Wildman–Crippen LogP) is 4.01. The first kappa shape index (κ1) is 26.5. The number of rotatable bonds is 8. The lowest BCUT2D eigenvalue weighted by atomic mass is 9.82. The summed E-state index contributed by atoms with van der Waals surface area (Å²) in [6.07, 6.45) is 9.46. The van der Waals surface area contributed by atoms with Gasteiger partial charge in [0, 0.05) is 38.4 Å². The quantitative estimate of drug-likeness (QED) is 0.554. The summed E-state index contributed by atoms with van der Waals surface area (Å²) in [6, 6.07) is 10.6. The molecule has 1 aromatic heterocycles. The number of halogens is 1. The second kappa shape index (κ2) is 11.7. The number of benzene rings is 1. The smallest absolute Gasteiger partial charge is 0.279 e. The molecule has 5 rings (SSSR count). The summed E-state index contributed by atoms with van der Waals surface area (Å²) in [7, 11) is -1.89. The van der Waals surface area contributed by atoms with Crippen molar-refractivity contribution in [3.63, 3.8) is 0 Å². The molecule has 8 nitrogen and oxygen atoms in total. The Hall–Kier alpha value is -2.14. The summed E-state index contributed by atoms with van der Waals surface area (Å²) in [5.41, 5.74) is 1.07. The first-order valence-corrected chi connectivity index (χ1v) is 15.0. The Labute approximate surface area is 219 Å². The van der Waals surface area contributed by atoms with E-state index in [4.69, 9.17) is 4.74 Å². The van der Waals surface area contributed by atoms with Crippen LogP contribution in [0.25, 0.3) is 0 Å². The largest absolute Gasteiger partial charge is 0.375 e. The predicted molar refractivity (Wildman–Crippen MR) is 141 cm³/mol. The first-order valence-electron chi connectivity index (χ1n) is 13.6. The Bertz CT molecular complexity index is 1130. The molecule has 0 amide bonds. The molecule has 2 atom stereocenters. The molecule has 1 unspecified atom stereocenters. The van der Waals surface area contributed by atoms with Crippen LogP contribution in [0.5, 0.6) is 0 Å². The molecule has 2 saturated carbocycles. The number of nitrogens with zero attached hydrogens (tertiary/aromatic N) is 4. The average molecular weight is 532 g/mol. The molecule has 3 fully saturated rings. The second-order valence-corrected chi connectivity index (χ2v) is 12.5. The molecule has 0 bridgehead atoms. The highest BCUT2D eigenvalue weighted by Gasteiger charge is 2.36. The van der Waals surface area contributed by atoms with Crippen molar-refractivity contribution in [3.8, 4) is 0 Å². The topological polar surface area (TPSA) is 87.7 Å². The number of hydrogen-bond acceptors (Lipinski definition) is 6. The van der Waals surface area contributed by atoms with E-state index in [1.807, 2.05) is 18.2 Å². The lowest BCUT2D eigenvalue weighted by molar-refractivity contribution is -0.0429. The van der Waals surface area contributed by atoms with Crippen LogP contribution in [0.4, 0.5) is 10.2 Å². The Kier molecular flexibility index (Phi) is 8.38. The maximum Gasteiger partial charge on any atom is 0.279 e. The third-order valence-corrected chi connectivity index (χ3v) is 9.72. The van der Waals surface area contributed by atoms with E-state index in [9.17, 15) is 12.8 Å². The molecule has 3 aliphatic rings. The molecule has 37 heavy (non-hydrogen) atoms. The Morgan fingerprint density at radius 3 is 2.49 bits per heavy atom. The van der Waals surface area contributed by atoms with Crippen LogP contribution in [0.3, 0.4) is 0 Å². The fourth-order valence-electron chi connectivity index (χ4n) is 5.69. The summed E-state index contributed by atoms with van der Waals surface area (Å²) in [4.78, 5) is 2.18. The minimum absolute atomic E-state index is 0.0610. The Morgan fingerprint density at radius 1 is 1.00 bits per heavy atom. The lowest BCUT2D eigenvalue weighted by Crippen LogP contribution is -2.48. The number of ether oxygens (including phenoxy) is 1. The standard InChI is InChI=1S/C27H38FN5O3S/c1-32(24-9-10-24)37(34,35)31-23-13-16-33(27-6-3-15-29-30-27)17-14-26(19-23)36-25-11-7-20(8-12-25)21-4-2-5-22(28)18-21/h2-6,15,18,20,23-26,31H,7-14,16-17,19H2,1H3/t20?,23-,25?,26?/m0/s1. The molecular weight excluding hydrogens is 493 g/mol. The zero-order valence-electron chi connectivity index (χ0n) is 21.5. The van der Waals surface area contributed by atoms with Crippen molar-refractivity contribution in [2.24, 2.45) is 0 Å². The maximum absolute atomic E-state index is 13.7. The second-order valence-electron chi connectivity index (χ2n) is 10.7. The van der Waals surface area contributed by atoms with Gasteiger partial charge in [0.25, 0.3) is 10.2 Å². The molecule has 1 aromatic carbocycles. The van der Waals surface area contributed by atoms with Crippen LogP contribution in [-0.2, 0) is 14.9 Å². The summed E-state index contributed by atoms with van der Waals surface area (Å²) in [5.74, 6) is 0.979. The minimum Gasteiger partial charge on any atom is -0.375 e. The van der Waals surface area contributed by atoms with Crippen molar-refractivity contribution in [2.45, 2.75) is 88.0 Å². The van der Waals surface area contributed by atoms with Gasteiger partial charge in [-0.15, -0.1) is 5.10 Å². The van der Waals surface area contributed by atoms with Gasteiger partial charge in [-0.3, -0.25) is 0 Å². The molecule has 1 saturated heterocycles. The van der Waals surface area contributed by atoms with Crippen molar-refractivity contribution < 1.29 is 17.5 Å². The van der Waals surface area contributed by atoms with Crippen molar-refractivity contribution in [2.75, 3.05) is 25.0 Å². The summed E-state index contributed by atoms with van der Waals surface area (Å²) in [6.45, 7) is 1.48. The van der Waals surface area contributed by atoms with Crippen LogP contribution in [0.1, 0.15) is 69.3 Å². The van der Waals surface area contributed by atoms with E-state index in [-0.39, 0.29) is 30.1 Å². The van der Waals surface area contributed by atoms with Crippen LogP contribution >= 0.6 is 0 Å². The van der Waals surface area contributed by atoms with Gasteiger partial charge in [0.05, 0.1) is 12.2 Å². The SMILES string of the molecule is CN(C1CC1)S(=O)(=O)N[C@H]1CCN(c2cccnn2)CCC(OC2CCC(c3cccc(F)c3)CC2)C1. The van der Waals surface area contributed by atoms with Gasteiger partial charge in [-0.2, -0.15) is 22.5 Å². The fourth-order valence-corrected chi connectivity index (χ4v) is 7.10. The van der Waals surface area contributed by atoms with Crippen LogP contribution in [0, 0.1) is 5.82 Å². The maximum atomic E-state index is 13.7. The van der Waals surface area contributed by atoms with Gasteiger partial charge >= 0.3 is 0 Å². The van der Waals surface area contributed by atoms with Crippen molar-refractivity contribution >= 4 is 16.0 Å². The van der Waals surface area contributed by atoms with Crippen LogP contribution in [-0.4, -0.2) is 67.3 Å². The summed E-state index contributed by atoms with van der Waals surface area (Å²) in [5, 5.41) is 8.31. The molecule has 10 heteroatoms. The molecule has 2 aliphatic carbocycles. The molecule has 1 aliphatic heterocycles.